The van der Waals surface area contributed by atoms with Gasteiger partial charge in [-0.15, -0.1) is 0 Å². The van der Waals surface area contributed by atoms with E-state index < -0.39 is 5.82 Å². The highest BCUT2D eigenvalue weighted by atomic mass is 19.1. The lowest BCUT2D eigenvalue weighted by atomic mass is 9.94. The van der Waals surface area contributed by atoms with Crippen molar-refractivity contribution in [1.29, 1.82) is 0 Å². The number of H-pyrrole nitrogens is 2. The summed E-state index contributed by atoms with van der Waals surface area (Å²) in [5.74, 6) is -0.247. The monoisotopic (exact) mass is 561 g/mol. The quantitative estimate of drug-likeness (QED) is 0.169. The Morgan fingerprint density at radius 1 is 0.976 bits per heavy atom. The highest BCUT2D eigenvalue weighted by Gasteiger charge is 2.18. The first-order chi connectivity index (χ1) is 20.5. The van der Waals surface area contributed by atoms with Crippen LogP contribution in [0.5, 0.6) is 5.75 Å². The number of aromatic nitrogens is 5. The van der Waals surface area contributed by atoms with E-state index >= 15 is 0 Å². The van der Waals surface area contributed by atoms with Gasteiger partial charge < -0.3 is 20.7 Å². The van der Waals surface area contributed by atoms with Crippen molar-refractivity contribution in [3.8, 4) is 39.4 Å². The van der Waals surface area contributed by atoms with E-state index in [1.165, 1.54) is 12.1 Å². The fraction of sp³-hybridized carbons (Fsp3) is 0.188. The molecule has 9 nitrogen and oxygen atoms in total. The summed E-state index contributed by atoms with van der Waals surface area (Å²) in [5.41, 5.74) is 6.68. The molecular formula is C32H28FN7O2. The van der Waals surface area contributed by atoms with Crippen LogP contribution in [-0.2, 0) is 4.79 Å². The van der Waals surface area contributed by atoms with E-state index in [-0.39, 0.29) is 11.7 Å². The first kappa shape index (κ1) is 25.8. The van der Waals surface area contributed by atoms with Crippen LogP contribution in [0.15, 0.2) is 73.2 Å². The van der Waals surface area contributed by atoms with Crippen LogP contribution in [0, 0.1) is 11.7 Å². The van der Waals surface area contributed by atoms with E-state index in [1.807, 2.05) is 30.3 Å². The number of piperidine rings is 1. The second-order valence-corrected chi connectivity index (χ2v) is 10.7. The maximum absolute atomic E-state index is 14.1. The number of carbonyl (C=O) groups excluding carboxylic acids is 1. The zero-order chi connectivity index (χ0) is 28.6. The summed E-state index contributed by atoms with van der Waals surface area (Å²) in [4.78, 5) is 24.9. The lowest BCUT2D eigenvalue weighted by Gasteiger charge is -2.21. The van der Waals surface area contributed by atoms with Crippen molar-refractivity contribution in [2.75, 3.05) is 18.4 Å². The Balaban J connectivity index is 1.20. The number of aromatic amines is 2. The average molecular weight is 562 g/mol. The number of hydrogen-bond acceptors (Lipinski definition) is 6. The SMILES string of the molecule is O=C(CC1CCNCC1)Nc1cncc(-c2ccc3[nH]nc(-c4cc5c(-c6cc(O)cc(F)c6)ccnc5[nH]4)c3c2)c1. The molecule has 5 heterocycles. The van der Waals surface area contributed by atoms with E-state index in [1.54, 1.807) is 24.7 Å². The van der Waals surface area contributed by atoms with Gasteiger partial charge in [-0.2, -0.15) is 5.10 Å². The van der Waals surface area contributed by atoms with Gasteiger partial charge in [0.05, 0.1) is 23.1 Å². The van der Waals surface area contributed by atoms with Gasteiger partial charge in [0.1, 0.15) is 22.9 Å². The molecule has 7 rings (SSSR count). The van der Waals surface area contributed by atoms with E-state index in [0.717, 1.165) is 70.7 Å². The number of benzene rings is 2. The van der Waals surface area contributed by atoms with E-state index in [0.29, 0.717) is 34.9 Å². The summed E-state index contributed by atoms with van der Waals surface area (Å²) in [5, 5.41) is 25.6. The topological polar surface area (TPSA) is 132 Å². The van der Waals surface area contributed by atoms with Crippen molar-refractivity contribution in [2.24, 2.45) is 5.92 Å². The van der Waals surface area contributed by atoms with Crippen molar-refractivity contribution in [3.05, 3.63) is 79.0 Å². The summed E-state index contributed by atoms with van der Waals surface area (Å²) in [7, 11) is 0. The molecular weight excluding hydrogens is 533 g/mol. The van der Waals surface area contributed by atoms with Crippen molar-refractivity contribution in [3.63, 3.8) is 0 Å². The maximum Gasteiger partial charge on any atom is 0.224 e. The normalized spacial score (nSPS) is 14.0. The Morgan fingerprint density at radius 2 is 1.86 bits per heavy atom. The molecule has 42 heavy (non-hydrogen) atoms. The van der Waals surface area contributed by atoms with Gasteiger partial charge in [-0.25, -0.2) is 9.37 Å². The van der Waals surface area contributed by atoms with E-state index in [2.05, 4.69) is 35.8 Å². The number of phenolic OH excluding ortho intramolecular Hbond substituents is 1. The highest BCUT2D eigenvalue weighted by Crippen LogP contribution is 2.36. The molecule has 1 amide bonds. The second-order valence-electron chi connectivity index (χ2n) is 10.7. The van der Waals surface area contributed by atoms with Crippen LogP contribution in [0.1, 0.15) is 19.3 Å². The first-order valence-corrected chi connectivity index (χ1v) is 13.9. The maximum atomic E-state index is 14.1. The number of rotatable bonds is 6. The Labute approximate surface area is 240 Å². The van der Waals surface area contributed by atoms with Crippen LogP contribution >= 0.6 is 0 Å². The predicted octanol–water partition coefficient (Wildman–Crippen LogP) is 6.01. The van der Waals surface area contributed by atoms with E-state index in [4.69, 9.17) is 0 Å². The molecule has 0 atom stereocenters. The number of carbonyl (C=O) groups is 1. The summed E-state index contributed by atoms with van der Waals surface area (Å²) in [6.45, 7) is 1.92. The average Bonchev–Trinajstić information content (AvgIpc) is 3.61. The fourth-order valence-electron chi connectivity index (χ4n) is 5.76. The van der Waals surface area contributed by atoms with Gasteiger partial charge in [0.15, 0.2) is 0 Å². The lowest BCUT2D eigenvalue weighted by molar-refractivity contribution is -0.117. The number of phenols is 1. The molecule has 2 aromatic carbocycles. The van der Waals surface area contributed by atoms with Gasteiger partial charge in [0, 0.05) is 41.2 Å². The molecule has 0 spiro atoms. The number of nitrogens with zero attached hydrogens (tertiary/aromatic N) is 3. The molecule has 1 aliphatic rings. The third-order valence-corrected chi connectivity index (χ3v) is 7.83. The van der Waals surface area contributed by atoms with Crippen LogP contribution < -0.4 is 10.6 Å². The van der Waals surface area contributed by atoms with Crippen LogP contribution in [0.25, 0.3) is 55.6 Å². The molecule has 0 unspecified atom stereocenters. The minimum absolute atomic E-state index is 0.00802. The second kappa shape index (κ2) is 10.7. The third-order valence-electron chi connectivity index (χ3n) is 7.83. The summed E-state index contributed by atoms with van der Waals surface area (Å²) < 4.78 is 14.1. The Kier molecular flexibility index (Phi) is 6.59. The number of anilines is 1. The molecule has 1 fully saturated rings. The van der Waals surface area contributed by atoms with Gasteiger partial charge in [0.25, 0.3) is 0 Å². The molecule has 1 aliphatic heterocycles. The predicted molar refractivity (Wildman–Crippen MR) is 160 cm³/mol. The number of nitrogens with one attached hydrogen (secondary N) is 4. The molecule has 0 aliphatic carbocycles. The van der Waals surface area contributed by atoms with Crippen molar-refractivity contribution >= 4 is 33.5 Å². The largest absolute Gasteiger partial charge is 0.508 e. The summed E-state index contributed by atoms with van der Waals surface area (Å²) in [6, 6.07) is 15.6. The molecule has 0 bridgehead atoms. The Morgan fingerprint density at radius 3 is 2.71 bits per heavy atom. The summed E-state index contributed by atoms with van der Waals surface area (Å²) >= 11 is 0. The minimum atomic E-state index is -0.517. The van der Waals surface area contributed by atoms with Crippen LogP contribution in [0.4, 0.5) is 10.1 Å². The van der Waals surface area contributed by atoms with E-state index in [9.17, 15) is 14.3 Å². The molecule has 210 valence electrons. The number of aromatic hydroxyl groups is 1. The zero-order valence-corrected chi connectivity index (χ0v) is 22.6. The number of amides is 1. The van der Waals surface area contributed by atoms with Crippen molar-refractivity contribution in [1.82, 2.24) is 30.5 Å². The van der Waals surface area contributed by atoms with Crippen LogP contribution in [0.2, 0.25) is 0 Å². The number of fused-ring (bicyclic) bond motifs is 2. The molecule has 6 aromatic rings. The summed E-state index contributed by atoms with van der Waals surface area (Å²) in [6.07, 6.45) is 7.63. The highest BCUT2D eigenvalue weighted by molar-refractivity contribution is 6.01. The molecule has 1 saturated heterocycles. The number of halogens is 1. The van der Waals surface area contributed by atoms with Gasteiger partial charge in [0.2, 0.25) is 5.91 Å². The Bertz CT molecular complexity index is 1920. The van der Waals surface area contributed by atoms with Gasteiger partial charge in [-0.3, -0.25) is 14.9 Å². The zero-order valence-electron chi connectivity index (χ0n) is 22.6. The van der Waals surface area contributed by atoms with Crippen molar-refractivity contribution < 1.29 is 14.3 Å². The van der Waals surface area contributed by atoms with Gasteiger partial charge >= 0.3 is 0 Å². The fourth-order valence-corrected chi connectivity index (χ4v) is 5.76. The third kappa shape index (κ3) is 5.08. The smallest absolute Gasteiger partial charge is 0.224 e. The molecule has 5 N–H and O–H groups in total. The molecule has 0 saturated carbocycles. The number of pyridine rings is 2. The van der Waals surface area contributed by atoms with Gasteiger partial charge in [-0.05, 0) is 91.0 Å². The minimum Gasteiger partial charge on any atom is -0.508 e. The first-order valence-electron chi connectivity index (χ1n) is 13.9. The molecule has 0 radical (unpaired) electrons. The van der Waals surface area contributed by atoms with Crippen molar-refractivity contribution in [2.45, 2.75) is 19.3 Å². The molecule has 4 aromatic heterocycles. The number of hydrogen-bond donors (Lipinski definition) is 5. The standard InChI is InChI=1S/C32H28FN7O2/c33-22-10-20(12-24(41)14-22)25-5-8-36-32-26(25)15-29(38-32)31-27-13-19(1-2-28(27)39-40-31)21-11-23(17-35-16-21)37-30(42)9-18-3-6-34-7-4-18/h1-2,5,8,10-18,34,41H,3-4,6-7,9H2,(H,36,38)(H,37,42)(H,39,40). The van der Waals surface area contributed by atoms with Gasteiger partial charge in [-0.1, -0.05) is 6.07 Å². The Hall–Kier alpha value is -5.09. The molecule has 10 heteroatoms. The van der Waals surface area contributed by atoms with Crippen LogP contribution in [0.3, 0.4) is 0 Å². The lowest BCUT2D eigenvalue weighted by Crippen LogP contribution is -2.30. The van der Waals surface area contributed by atoms with Crippen LogP contribution in [-0.4, -0.2) is 49.3 Å².